The first-order valence-electron chi connectivity index (χ1n) is 9.80. The molecule has 1 aliphatic heterocycles. The predicted molar refractivity (Wildman–Crippen MR) is 101 cm³/mol. The Hall–Kier alpha value is -2.20. The Morgan fingerprint density at radius 2 is 1.82 bits per heavy atom. The highest BCUT2D eigenvalue weighted by Crippen LogP contribution is 2.56. The normalized spacial score (nSPS) is 20.6. The molecule has 3 rings (SSSR count). The van der Waals surface area contributed by atoms with Crippen LogP contribution < -0.4 is 10.6 Å². The molecule has 2 aliphatic rings. The van der Waals surface area contributed by atoms with Crippen molar-refractivity contribution in [2.24, 2.45) is 5.41 Å². The van der Waals surface area contributed by atoms with E-state index in [0.29, 0.717) is 32.0 Å². The van der Waals surface area contributed by atoms with Gasteiger partial charge in [-0.15, -0.1) is 5.10 Å². The smallest absolute Gasteiger partial charge is 0.317 e. The molecule has 3 amide bonds. The number of piperidine rings is 1. The molecule has 2 fully saturated rings. The number of nitrogens with zero attached hydrogens (tertiary/aromatic N) is 4. The van der Waals surface area contributed by atoms with Gasteiger partial charge in [-0.2, -0.15) is 0 Å². The molecule has 1 aromatic rings. The van der Waals surface area contributed by atoms with E-state index >= 15 is 0 Å². The van der Waals surface area contributed by atoms with Gasteiger partial charge >= 0.3 is 6.03 Å². The molecule has 156 valence electrons. The van der Waals surface area contributed by atoms with Crippen LogP contribution in [0.2, 0.25) is 0 Å². The molecular formula is C18H30N6O4. The van der Waals surface area contributed by atoms with Crippen LogP contribution in [0.25, 0.3) is 0 Å². The molecule has 0 radical (unpaired) electrons. The molecule has 1 aromatic heterocycles. The van der Waals surface area contributed by atoms with Crippen molar-refractivity contribution in [1.29, 1.82) is 0 Å². The molecule has 28 heavy (non-hydrogen) atoms. The molecule has 2 N–H and O–H groups in total. The quantitative estimate of drug-likeness (QED) is 0.619. The molecule has 1 atom stereocenters. The van der Waals surface area contributed by atoms with Crippen LogP contribution in [0.3, 0.4) is 0 Å². The largest absolute Gasteiger partial charge is 0.383 e. The first-order chi connectivity index (χ1) is 13.6. The third-order valence-electron chi connectivity index (χ3n) is 5.91. The van der Waals surface area contributed by atoms with Crippen LogP contribution in [-0.2, 0) is 9.47 Å². The maximum Gasteiger partial charge on any atom is 0.317 e. The van der Waals surface area contributed by atoms with Crippen LogP contribution in [0.15, 0.2) is 6.20 Å². The van der Waals surface area contributed by atoms with Gasteiger partial charge in [-0.25, -0.2) is 9.48 Å². The van der Waals surface area contributed by atoms with E-state index in [0.717, 1.165) is 38.8 Å². The van der Waals surface area contributed by atoms with Crippen molar-refractivity contribution in [3.05, 3.63) is 11.9 Å². The van der Waals surface area contributed by atoms with Gasteiger partial charge in [0.25, 0.3) is 5.91 Å². The van der Waals surface area contributed by atoms with Crippen LogP contribution in [0.1, 0.15) is 42.2 Å². The van der Waals surface area contributed by atoms with Gasteiger partial charge in [-0.05, 0) is 31.1 Å². The zero-order valence-electron chi connectivity index (χ0n) is 16.6. The van der Waals surface area contributed by atoms with Gasteiger partial charge in [0.1, 0.15) is 0 Å². The number of rotatable bonds is 8. The molecule has 0 bridgehead atoms. The highest BCUT2D eigenvalue weighted by Gasteiger charge is 2.50. The van der Waals surface area contributed by atoms with E-state index in [2.05, 4.69) is 20.9 Å². The lowest BCUT2D eigenvalue weighted by molar-refractivity contribution is -0.0229. The Kier molecular flexibility index (Phi) is 6.84. The van der Waals surface area contributed by atoms with Gasteiger partial charge in [0.2, 0.25) is 0 Å². The molecule has 1 aliphatic carbocycles. The second-order valence-electron chi connectivity index (χ2n) is 7.46. The molecule has 10 heteroatoms. The second-order valence-corrected chi connectivity index (χ2v) is 7.46. The van der Waals surface area contributed by atoms with E-state index in [9.17, 15) is 9.59 Å². The Bertz CT molecular complexity index is 671. The third kappa shape index (κ3) is 4.44. The number of ether oxygens (including phenoxy) is 2. The van der Waals surface area contributed by atoms with Gasteiger partial charge in [0.05, 0.1) is 25.5 Å². The summed E-state index contributed by atoms with van der Waals surface area (Å²) in [6.07, 6.45) is 5.74. The van der Waals surface area contributed by atoms with Crippen LogP contribution in [0.4, 0.5) is 4.79 Å². The maximum absolute atomic E-state index is 12.2. The lowest BCUT2D eigenvalue weighted by atomic mass is 9.59. The van der Waals surface area contributed by atoms with Crippen LogP contribution in [0.5, 0.6) is 0 Å². The first kappa shape index (κ1) is 20.5. The van der Waals surface area contributed by atoms with Gasteiger partial charge in [0, 0.05) is 40.4 Å². The Morgan fingerprint density at radius 3 is 2.43 bits per heavy atom. The molecule has 1 unspecified atom stereocenters. The number of methoxy groups -OCH3 is 2. The average Bonchev–Trinajstić information content (AvgIpc) is 3.16. The second kappa shape index (κ2) is 9.33. The lowest BCUT2D eigenvalue weighted by Gasteiger charge is -2.53. The van der Waals surface area contributed by atoms with Crippen LogP contribution >= 0.6 is 0 Å². The molecule has 1 saturated heterocycles. The maximum atomic E-state index is 12.2. The first-order valence-corrected chi connectivity index (χ1v) is 9.80. The minimum atomic E-state index is -0.237. The Labute approximate surface area is 164 Å². The zero-order valence-corrected chi connectivity index (χ0v) is 16.6. The number of aromatic nitrogens is 3. The molecule has 0 aromatic carbocycles. The van der Waals surface area contributed by atoms with Crippen molar-refractivity contribution >= 4 is 11.9 Å². The minimum absolute atomic E-state index is 0.0291. The highest BCUT2D eigenvalue weighted by atomic mass is 16.5. The van der Waals surface area contributed by atoms with Crippen molar-refractivity contribution in [1.82, 2.24) is 30.5 Å². The fraction of sp³-hybridized carbons (Fsp3) is 0.778. The van der Waals surface area contributed by atoms with Gasteiger partial charge in [0.15, 0.2) is 5.69 Å². The standard InChI is InChI=1S/C18H30N6O4/c1-27-11-7-19-16(25)14-13-24(22-21-14)15-3-4-18(15)5-9-23(10-6-18)17(26)20-8-12-28-2/h13,15H,3-12H2,1-2H3,(H,19,25)(H,20,26). The Balaban J connectivity index is 1.52. The SMILES string of the molecule is COCCNC(=O)c1cn(C2CCC23CCN(C(=O)NCCOC)CC3)nn1. The summed E-state index contributed by atoms with van der Waals surface area (Å²) in [5, 5.41) is 13.9. The molecular weight excluding hydrogens is 364 g/mol. The Morgan fingerprint density at radius 1 is 1.14 bits per heavy atom. The number of carbonyl (C=O) groups excluding carboxylic acids is 2. The predicted octanol–water partition coefficient (Wildman–Crippen LogP) is 0.427. The van der Waals surface area contributed by atoms with Crippen molar-refractivity contribution in [3.63, 3.8) is 0 Å². The van der Waals surface area contributed by atoms with E-state index in [1.54, 1.807) is 20.4 Å². The third-order valence-corrected chi connectivity index (χ3v) is 5.91. The number of likely N-dealkylation sites (tertiary alicyclic amines) is 1. The number of hydrogen-bond donors (Lipinski definition) is 2. The number of carbonyl (C=O) groups is 2. The number of amides is 3. The summed E-state index contributed by atoms with van der Waals surface area (Å²) in [6, 6.07) is 0.206. The molecule has 1 saturated carbocycles. The zero-order chi connectivity index (χ0) is 20.0. The number of hydrogen-bond acceptors (Lipinski definition) is 6. The van der Waals surface area contributed by atoms with Crippen molar-refractivity contribution < 1.29 is 19.1 Å². The van der Waals surface area contributed by atoms with Gasteiger partial charge in [-0.3, -0.25) is 4.79 Å². The highest BCUT2D eigenvalue weighted by molar-refractivity contribution is 5.91. The van der Waals surface area contributed by atoms with E-state index in [-0.39, 0.29) is 23.4 Å². The van der Waals surface area contributed by atoms with Gasteiger partial charge in [-0.1, -0.05) is 5.21 Å². The summed E-state index contributed by atoms with van der Waals surface area (Å²) in [5.41, 5.74) is 0.467. The van der Waals surface area contributed by atoms with Crippen molar-refractivity contribution in [3.8, 4) is 0 Å². The van der Waals surface area contributed by atoms with E-state index in [4.69, 9.17) is 9.47 Å². The molecule has 10 nitrogen and oxygen atoms in total. The molecule has 1 spiro atoms. The summed E-state index contributed by atoms with van der Waals surface area (Å²) >= 11 is 0. The van der Waals surface area contributed by atoms with Crippen LogP contribution in [-0.4, -0.2) is 85.4 Å². The number of urea groups is 1. The van der Waals surface area contributed by atoms with E-state index < -0.39 is 0 Å². The lowest BCUT2D eigenvalue weighted by Crippen LogP contribution is -2.53. The summed E-state index contributed by atoms with van der Waals surface area (Å²) in [7, 11) is 3.21. The van der Waals surface area contributed by atoms with Crippen LogP contribution in [0, 0.1) is 5.41 Å². The monoisotopic (exact) mass is 394 g/mol. The van der Waals surface area contributed by atoms with Crippen molar-refractivity contribution in [2.45, 2.75) is 31.7 Å². The molecule has 2 heterocycles. The van der Waals surface area contributed by atoms with E-state index in [1.165, 1.54) is 0 Å². The number of nitrogens with one attached hydrogen (secondary N) is 2. The average molecular weight is 394 g/mol. The summed E-state index contributed by atoms with van der Waals surface area (Å²) < 4.78 is 11.7. The summed E-state index contributed by atoms with van der Waals surface area (Å²) in [4.78, 5) is 26.2. The van der Waals surface area contributed by atoms with Crippen molar-refractivity contribution in [2.75, 3.05) is 53.6 Å². The summed E-state index contributed by atoms with van der Waals surface area (Å²) in [6.45, 7) is 3.40. The minimum Gasteiger partial charge on any atom is -0.383 e. The summed E-state index contributed by atoms with van der Waals surface area (Å²) in [5.74, 6) is -0.237. The van der Waals surface area contributed by atoms with Gasteiger partial charge < -0.3 is 25.0 Å². The van der Waals surface area contributed by atoms with E-state index in [1.807, 2.05) is 9.58 Å². The topological polar surface area (TPSA) is 111 Å². The fourth-order valence-electron chi connectivity index (χ4n) is 4.10. The fourth-order valence-corrected chi connectivity index (χ4v) is 4.10.